The Morgan fingerprint density at radius 3 is 2.75 bits per heavy atom. The number of carbonyl (C=O) groups excluding carboxylic acids is 2. The third kappa shape index (κ3) is 5.83. The standard InChI is InChI=1S/C26H30ClN5O4/c1-17-25(33)30-21-13-18(14-23(35-2)24(21)36-17)16-31-9-11-32(12-10-31)22-6-5-19(15-20(22)27)26(34)29-8-4-3-7-28/h5-6,13-15,17H,3-4,8-12,16H2,1-2H3,(H,29,34)(H,30,33). The Morgan fingerprint density at radius 2 is 2.06 bits per heavy atom. The summed E-state index contributed by atoms with van der Waals surface area (Å²) in [7, 11) is 1.59. The van der Waals surface area contributed by atoms with Gasteiger partial charge in [0.2, 0.25) is 0 Å². The number of nitrogens with zero attached hydrogens (tertiary/aromatic N) is 3. The third-order valence-corrected chi connectivity index (χ3v) is 6.64. The van der Waals surface area contributed by atoms with Crippen molar-refractivity contribution in [2.24, 2.45) is 0 Å². The highest BCUT2D eigenvalue weighted by Crippen LogP contribution is 2.40. The van der Waals surface area contributed by atoms with Crippen molar-refractivity contribution in [1.82, 2.24) is 10.2 Å². The Morgan fingerprint density at radius 1 is 1.28 bits per heavy atom. The van der Waals surface area contributed by atoms with Crippen molar-refractivity contribution in [3.05, 3.63) is 46.5 Å². The van der Waals surface area contributed by atoms with Gasteiger partial charge in [-0.05, 0) is 49.2 Å². The van der Waals surface area contributed by atoms with Gasteiger partial charge >= 0.3 is 0 Å². The number of nitriles is 1. The van der Waals surface area contributed by atoms with Crippen LogP contribution >= 0.6 is 11.6 Å². The lowest BCUT2D eigenvalue weighted by molar-refractivity contribution is -0.122. The average molecular weight is 512 g/mol. The molecule has 2 aliphatic heterocycles. The third-order valence-electron chi connectivity index (χ3n) is 6.34. The van der Waals surface area contributed by atoms with Gasteiger partial charge in [-0.1, -0.05) is 11.6 Å². The molecule has 2 heterocycles. The minimum Gasteiger partial charge on any atom is -0.493 e. The molecule has 0 saturated carbocycles. The predicted molar refractivity (Wildman–Crippen MR) is 138 cm³/mol. The molecule has 1 saturated heterocycles. The van der Waals surface area contributed by atoms with E-state index < -0.39 is 6.10 Å². The van der Waals surface area contributed by atoms with E-state index in [1.54, 1.807) is 26.2 Å². The molecule has 0 aromatic heterocycles. The van der Waals surface area contributed by atoms with Crippen LogP contribution in [-0.4, -0.2) is 62.7 Å². The van der Waals surface area contributed by atoms with Crippen molar-refractivity contribution in [3.63, 3.8) is 0 Å². The molecule has 1 fully saturated rings. The number of halogens is 1. The summed E-state index contributed by atoms with van der Waals surface area (Å²) in [5.74, 6) is 0.804. The zero-order valence-electron chi connectivity index (χ0n) is 20.5. The molecule has 190 valence electrons. The first kappa shape index (κ1) is 25.6. The highest BCUT2D eigenvalue weighted by molar-refractivity contribution is 6.33. The maximum Gasteiger partial charge on any atom is 0.265 e. The van der Waals surface area contributed by atoms with Crippen molar-refractivity contribution in [2.75, 3.05) is 50.1 Å². The van der Waals surface area contributed by atoms with Crippen molar-refractivity contribution in [3.8, 4) is 17.6 Å². The predicted octanol–water partition coefficient (Wildman–Crippen LogP) is 3.42. The molecule has 4 rings (SSSR count). The van der Waals surface area contributed by atoms with Crippen LogP contribution in [0.1, 0.15) is 35.7 Å². The van der Waals surface area contributed by atoms with Gasteiger partial charge in [-0.2, -0.15) is 5.26 Å². The van der Waals surface area contributed by atoms with E-state index in [0.29, 0.717) is 53.7 Å². The Kier molecular flexibility index (Phi) is 8.18. The van der Waals surface area contributed by atoms with Gasteiger partial charge in [-0.25, -0.2) is 0 Å². The Balaban J connectivity index is 1.35. The SMILES string of the molecule is COc1cc(CN2CCN(c3ccc(C(=O)NCCCC#N)cc3Cl)CC2)cc2c1OC(C)C(=O)N2. The van der Waals surface area contributed by atoms with E-state index in [1.807, 2.05) is 18.2 Å². The van der Waals surface area contributed by atoms with E-state index in [2.05, 4.69) is 26.5 Å². The Hall–Kier alpha value is -3.48. The number of nitrogens with one attached hydrogen (secondary N) is 2. The lowest BCUT2D eigenvalue weighted by atomic mass is 10.1. The second-order valence-corrected chi connectivity index (χ2v) is 9.28. The lowest BCUT2D eigenvalue weighted by Gasteiger charge is -2.36. The smallest absolute Gasteiger partial charge is 0.265 e. The molecule has 0 radical (unpaired) electrons. The molecule has 0 bridgehead atoms. The number of piperazine rings is 1. The summed E-state index contributed by atoms with van der Waals surface area (Å²) in [6.45, 7) is 6.12. The van der Waals surface area contributed by atoms with Crippen molar-refractivity contribution in [1.29, 1.82) is 5.26 Å². The van der Waals surface area contributed by atoms with E-state index in [0.717, 1.165) is 37.4 Å². The molecule has 0 aliphatic carbocycles. The van der Waals surface area contributed by atoms with E-state index in [9.17, 15) is 9.59 Å². The summed E-state index contributed by atoms with van der Waals surface area (Å²) >= 11 is 6.54. The molecule has 10 heteroatoms. The monoisotopic (exact) mass is 511 g/mol. The molecule has 0 spiro atoms. The Labute approximate surface area is 215 Å². The Bertz CT molecular complexity index is 1170. The second-order valence-electron chi connectivity index (χ2n) is 8.87. The molecule has 2 N–H and O–H groups in total. The van der Waals surface area contributed by atoms with Crippen molar-refractivity contribution < 1.29 is 19.1 Å². The summed E-state index contributed by atoms with van der Waals surface area (Å²) in [6.07, 6.45) is 0.476. The molecule has 2 aliphatic rings. The normalized spacial score (nSPS) is 17.4. The van der Waals surface area contributed by atoms with Gasteiger partial charge in [0.25, 0.3) is 11.8 Å². The minimum atomic E-state index is -0.560. The molecule has 2 amide bonds. The van der Waals surface area contributed by atoms with Crippen LogP contribution in [0.3, 0.4) is 0 Å². The van der Waals surface area contributed by atoms with E-state index >= 15 is 0 Å². The number of unbranched alkanes of at least 4 members (excludes halogenated alkanes) is 1. The number of amides is 2. The molecule has 36 heavy (non-hydrogen) atoms. The summed E-state index contributed by atoms with van der Waals surface area (Å²) in [6, 6.07) is 11.3. The largest absolute Gasteiger partial charge is 0.493 e. The number of methoxy groups -OCH3 is 1. The number of hydrogen-bond acceptors (Lipinski definition) is 7. The topological polar surface area (TPSA) is 107 Å². The number of fused-ring (bicyclic) bond motifs is 1. The first-order chi connectivity index (χ1) is 17.4. The van der Waals surface area contributed by atoms with Gasteiger partial charge < -0.3 is 25.0 Å². The second kappa shape index (κ2) is 11.5. The molecule has 9 nitrogen and oxygen atoms in total. The van der Waals surface area contributed by atoms with Crippen LogP contribution in [-0.2, 0) is 11.3 Å². The number of ether oxygens (including phenoxy) is 2. The quantitative estimate of drug-likeness (QED) is 0.523. The van der Waals surface area contributed by atoms with Crippen LogP contribution < -0.4 is 25.0 Å². The van der Waals surface area contributed by atoms with E-state index in [4.69, 9.17) is 26.3 Å². The maximum atomic E-state index is 12.3. The molecule has 2 aromatic rings. The maximum absolute atomic E-state index is 12.3. The van der Waals surface area contributed by atoms with Crippen LogP contribution in [0.4, 0.5) is 11.4 Å². The number of anilines is 2. The summed E-state index contributed by atoms with van der Waals surface area (Å²) < 4.78 is 11.2. The van der Waals surface area contributed by atoms with E-state index in [1.165, 1.54) is 0 Å². The van der Waals surface area contributed by atoms with Crippen molar-refractivity contribution in [2.45, 2.75) is 32.4 Å². The fraction of sp³-hybridized carbons (Fsp3) is 0.423. The first-order valence-electron chi connectivity index (χ1n) is 12.0. The molecule has 1 unspecified atom stereocenters. The fourth-order valence-electron chi connectivity index (χ4n) is 4.36. The zero-order valence-corrected chi connectivity index (χ0v) is 21.2. The lowest BCUT2D eigenvalue weighted by Crippen LogP contribution is -2.46. The highest BCUT2D eigenvalue weighted by atomic mass is 35.5. The number of benzene rings is 2. The summed E-state index contributed by atoms with van der Waals surface area (Å²) in [4.78, 5) is 28.9. The van der Waals surface area contributed by atoms with Gasteiger partial charge in [-0.15, -0.1) is 0 Å². The first-order valence-corrected chi connectivity index (χ1v) is 12.4. The molecule has 1 atom stereocenters. The fourth-order valence-corrected chi connectivity index (χ4v) is 4.66. The van der Waals surface area contributed by atoms with Gasteiger partial charge in [-0.3, -0.25) is 14.5 Å². The highest BCUT2D eigenvalue weighted by Gasteiger charge is 2.28. The van der Waals surface area contributed by atoms with Gasteiger partial charge in [0, 0.05) is 51.3 Å². The van der Waals surface area contributed by atoms with Gasteiger partial charge in [0.05, 0.1) is 29.6 Å². The molecular weight excluding hydrogens is 482 g/mol. The average Bonchev–Trinajstić information content (AvgIpc) is 2.87. The number of hydrogen-bond donors (Lipinski definition) is 2. The van der Waals surface area contributed by atoms with E-state index in [-0.39, 0.29) is 11.8 Å². The van der Waals surface area contributed by atoms with Crippen LogP contribution in [0, 0.1) is 11.3 Å². The van der Waals surface area contributed by atoms with Crippen LogP contribution in [0.25, 0.3) is 0 Å². The summed E-state index contributed by atoms with van der Waals surface area (Å²) in [5.41, 5.74) is 3.07. The number of carbonyl (C=O) groups is 2. The summed E-state index contributed by atoms with van der Waals surface area (Å²) in [5, 5.41) is 14.8. The zero-order chi connectivity index (χ0) is 25.7. The van der Waals surface area contributed by atoms with Gasteiger partial charge in [0.1, 0.15) is 0 Å². The van der Waals surface area contributed by atoms with Crippen molar-refractivity contribution >= 4 is 34.8 Å². The van der Waals surface area contributed by atoms with Crippen LogP contribution in [0.5, 0.6) is 11.5 Å². The molecule has 2 aromatic carbocycles. The number of rotatable bonds is 8. The van der Waals surface area contributed by atoms with Crippen LogP contribution in [0.2, 0.25) is 5.02 Å². The minimum absolute atomic E-state index is 0.172. The van der Waals surface area contributed by atoms with Gasteiger partial charge in [0.15, 0.2) is 17.6 Å². The molecular formula is C26H30ClN5O4. The van der Waals surface area contributed by atoms with Crippen LogP contribution in [0.15, 0.2) is 30.3 Å².